The van der Waals surface area contributed by atoms with Crippen LogP contribution in [0, 0.1) is 13.8 Å². The standard InChI is InChI=1S/C26H33ClN2O3/c1-18-9-14-24(19(2)15-18)32-17-25(30)29(16-21-10-12-22(27)13-11-21)20(3)26(31)28-23-7-5-4-6-8-23/h9-15,20,23H,4-8,16-17H2,1-3H3,(H,28,31)/t20-/m1/s1. The van der Waals surface area contributed by atoms with Gasteiger partial charge in [-0.25, -0.2) is 0 Å². The number of rotatable bonds is 8. The van der Waals surface area contributed by atoms with Crippen LogP contribution < -0.4 is 10.1 Å². The summed E-state index contributed by atoms with van der Waals surface area (Å²) in [7, 11) is 0. The molecule has 0 unspecified atom stereocenters. The number of halogens is 1. The molecule has 172 valence electrons. The predicted molar refractivity (Wildman–Crippen MR) is 128 cm³/mol. The lowest BCUT2D eigenvalue weighted by Crippen LogP contribution is -2.51. The van der Waals surface area contributed by atoms with Crippen molar-refractivity contribution in [2.24, 2.45) is 0 Å². The first-order chi connectivity index (χ1) is 15.3. The highest BCUT2D eigenvalue weighted by Gasteiger charge is 2.28. The van der Waals surface area contributed by atoms with Crippen LogP contribution in [0.2, 0.25) is 5.02 Å². The summed E-state index contributed by atoms with van der Waals surface area (Å²) in [5, 5.41) is 3.78. The van der Waals surface area contributed by atoms with Crippen LogP contribution in [0.3, 0.4) is 0 Å². The molecular formula is C26H33ClN2O3. The molecular weight excluding hydrogens is 424 g/mol. The van der Waals surface area contributed by atoms with Gasteiger partial charge in [0.05, 0.1) is 0 Å². The second kappa shape index (κ2) is 11.4. The molecule has 2 aromatic rings. The van der Waals surface area contributed by atoms with E-state index in [0.29, 0.717) is 17.3 Å². The zero-order valence-corrected chi connectivity index (χ0v) is 20.0. The molecule has 2 aromatic carbocycles. The van der Waals surface area contributed by atoms with Crippen LogP contribution in [-0.4, -0.2) is 35.4 Å². The first kappa shape index (κ1) is 24.1. The van der Waals surface area contributed by atoms with E-state index in [4.69, 9.17) is 16.3 Å². The molecule has 1 fully saturated rings. The highest BCUT2D eigenvalue weighted by Crippen LogP contribution is 2.21. The number of carbonyl (C=O) groups is 2. The SMILES string of the molecule is Cc1ccc(OCC(=O)N(Cc2ccc(Cl)cc2)[C@H](C)C(=O)NC2CCCCC2)c(C)c1. The second-order valence-electron chi connectivity index (χ2n) is 8.73. The lowest BCUT2D eigenvalue weighted by molar-refractivity contribution is -0.142. The van der Waals surface area contributed by atoms with Crippen molar-refractivity contribution in [3.63, 3.8) is 0 Å². The molecule has 32 heavy (non-hydrogen) atoms. The van der Waals surface area contributed by atoms with Crippen LogP contribution in [0.25, 0.3) is 0 Å². The zero-order valence-electron chi connectivity index (χ0n) is 19.2. The molecule has 2 amide bonds. The molecule has 0 spiro atoms. The third-order valence-corrected chi connectivity index (χ3v) is 6.32. The minimum atomic E-state index is -0.609. The minimum absolute atomic E-state index is 0.120. The fourth-order valence-corrected chi connectivity index (χ4v) is 4.25. The van der Waals surface area contributed by atoms with Gasteiger partial charge in [-0.3, -0.25) is 9.59 Å². The van der Waals surface area contributed by atoms with E-state index in [0.717, 1.165) is 42.4 Å². The van der Waals surface area contributed by atoms with Crippen molar-refractivity contribution < 1.29 is 14.3 Å². The van der Waals surface area contributed by atoms with Crippen molar-refractivity contribution in [3.8, 4) is 5.75 Å². The molecule has 1 saturated carbocycles. The first-order valence-corrected chi connectivity index (χ1v) is 11.8. The van der Waals surface area contributed by atoms with Crippen LogP contribution in [0.1, 0.15) is 55.7 Å². The topological polar surface area (TPSA) is 58.6 Å². The monoisotopic (exact) mass is 456 g/mol. The van der Waals surface area contributed by atoms with Crippen molar-refractivity contribution in [1.29, 1.82) is 0 Å². The molecule has 0 aliphatic heterocycles. The molecule has 0 radical (unpaired) electrons. The Kier molecular flexibility index (Phi) is 8.57. The number of carbonyl (C=O) groups excluding carboxylic acids is 2. The van der Waals surface area contributed by atoms with Crippen LogP contribution in [0.5, 0.6) is 5.75 Å². The van der Waals surface area contributed by atoms with Gasteiger partial charge < -0.3 is 15.0 Å². The third kappa shape index (κ3) is 6.73. The summed E-state index contributed by atoms with van der Waals surface area (Å²) >= 11 is 6.01. The van der Waals surface area contributed by atoms with Crippen LogP contribution in [0.15, 0.2) is 42.5 Å². The largest absolute Gasteiger partial charge is 0.483 e. The van der Waals surface area contributed by atoms with E-state index in [9.17, 15) is 9.59 Å². The maximum absolute atomic E-state index is 13.2. The van der Waals surface area contributed by atoms with E-state index in [2.05, 4.69) is 5.32 Å². The third-order valence-electron chi connectivity index (χ3n) is 6.07. The Morgan fingerprint density at radius 1 is 1.09 bits per heavy atom. The Labute approximate surface area is 196 Å². The van der Waals surface area contributed by atoms with Crippen LogP contribution in [-0.2, 0) is 16.1 Å². The average Bonchev–Trinajstić information content (AvgIpc) is 2.78. The Hall–Kier alpha value is -2.53. The van der Waals surface area contributed by atoms with Gasteiger partial charge in [0.15, 0.2) is 6.61 Å². The number of nitrogens with zero attached hydrogens (tertiary/aromatic N) is 1. The van der Waals surface area contributed by atoms with Gasteiger partial charge in [0.1, 0.15) is 11.8 Å². The summed E-state index contributed by atoms with van der Waals surface area (Å²) in [6, 6.07) is 12.8. The molecule has 0 saturated heterocycles. The maximum atomic E-state index is 13.2. The van der Waals surface area contributed by atoms with Crippen LogP contribution >= 0.6 is 11.6 Å². The Balaban J connectivity index is 1.71. The molecule has 1 atom stereocenters. The van der Waals surface area contributed by atoms with Gasteiger partial charge in [-0.1, -0.05) is 60.7 Å². The number of nitrogens with one attached hydrogen (secondary N) is 1. The molecule has 5 nitrogen and oxygen atoms in total. The number of ether oxygens (including phenoxy) is 1. The molecule has 1 N–H and O–H groups in total. The van der Waals surface area contributed by atoms with Crippen molar-refractivity contribution in [2.75, 3.05) is 6.61 Å². The molecule has 6 heteroatoms. The van der Waals surface area contributed by atoms with E-state index in [1.807, 2.05) is 44.2 Å². The average molecular weight is 457 g/mol. The highest BCUT2D eigenvalue weighted by molar-refractivity contribution is 6.30. The summed E-state index contributed by atoms with van der Waals surface area (Å²) in [6.45, 7) is 5.94. The summed E-state index contributed by atoms with van der Waals surface area (Å²) < 4.78 is 5.83. The number of hydrogen-bond donors (Lipinski definition) is 1. The van der Waals surface area contributed by atoms with Gasteiger partial charge in [-0.15, -0.1) is 0 Å². The number of aryl methyl sites for hydroxylation is 2. The smallest absolute Gasteiger partial charge is 0.261 e. The maximum Gasteiger partial charge on any atom is 0.261 e. The summed E-state index contributed by atoms with van der Waals surface area (Å²) in [4.78, 5) is 27.8. The molecule has 1 aliphatic carbocycles. The summed E-state index contributed by atoms with van der Waals surface area (Å²) in [6.07, 6.45) is 5.49. The van der Waals surface area contributed by atoms with Crippen LogP contribution in [0.4, 0.5) is 0 Å². The van der Waals surface area contributed by atoms with Gasteiger partial charge in [-0.05, 0) is 62.9 Å². The Bertz CT molecular complexity index is 923. The minimum Gasteiger partial charge on any atom is -0.483 e. The van der Waals surface area contributed by atoms with Crippen molar-refractivity contribution in [3.05, 3.63) is 64.2 Å². The van der Waals surface area contributed by atoms with Gasteiger partial charge in [-0.2, -0.15) is 0 Å². The fourth-order valence-electron chi connectivity index (χ4n) is 4.12. The van der Waals surface area contributed by atoms with E-state index < -0.39 is 6.04 Å². The fraction of sp³-hybridized carbons (Fsp3) is 0.462. The number of benzene rings is 2. The molecule has 0 heterocycles. The Morgan fingerprint density at radius 3 is 2.44 bits per heavy atom. The summed E-state index contributed by atoms with van der Waals surface area (Å²) in [5.74, 6) is 0.326. The zero-order chi connectivity index (χ0) is 23.1. The number of amides is 2. The van der Waals surface area contributed by atoms with Gasteiger partial charge in [0, 0.05) is 17.6 Å². The van der Waals surface area contributed by atoms with E-state index in [1.165, 1.54) is 6.42 Å². The lowest BCUT2D eigenvalue weighted by atomic mass is 9.95. The van der Waals surface area contributed by atoms with E-state index >= 15 is 0 Å². The van der Waals surface area contributed by atoms with E-state index in [1.54, 1.807) is 24.0 Å². The summed E-state index contributed by atoms with van der Waals surface area (Å²) in [5.41, 5.74) is 3.02. The predicted octanol–water partition coefficient (Wildman–Crippen LogP) is 5.20. The second-order valence-corrected chi connectivity index (χ2v) is 9.16. The first-order valence-electron chi connectivity index (χ1n) is 11.4. The molecule has 1 aliphatic rings. The van der Waals surface area contributed by atoms with Gasteiger partial charge in [0.25, 0.3) is 5.91 Å². The van der Waals surface area contributed by atoms with Crippen molar-refractivity contribution in [2.45, 2.75) is 71.5 Å². The number of hydrogen-bond acceptors (Lipinski definition) is 3. The van der Waals surface area contributed by atoms with Crippen molar-refractivity contribution in [1.82, 2.24) is 10.2 Å². The molecule has 3 rings (SSSR count). The highest BCUT2D eigenvalue weighted by atomic mass is 35.5. The molecule has 0 bridgehead atoms. The van der Waals surface area contributed by atoms with Gasteiger partial charge >= 0.3 is 0 Å². The van der Waals surface area contributed by atoms with E-state index in [-0.39, 0.29) is 24.5 Å². The Morgan fingerprint density at radius 2 is 1.78 bits per heavy atom. The lowest BCUT2D eigenvalue weighted by Gasteiger charge is -2.31. The quantitative estimate of drug-likeness (QED) is 0.593. The normalized spacial score (nSPS) is 15.1. The van der Waals surface area contributed by atoms with Crippen molar-refractivity contribution >= 4 is 23.4 Å². The molecule has 0 aromatic heterocycles. The van der Waals surface area contributed by atoms with Gasteiger partial charge in [0.2, 0.25) is 5.91 Å².